The Labute approximate surface area is 162 Å². The number of ether oxygens (including phenoxy) is 1. The molecule has 2 N–H and O–H groups in total. The number of nitrogens with one attached hydrogen (secondary N) is 1. The first-order chi connectivity index (χ1) is 12.9. The minimum absolute atomic E-state index is 0.0803. The van der Waals surface area contributed by atoms with Crippen LogP contribution < -0.4 is 10.1 Å². The highest BCUT2D eigenvalue weighted by Gasteiger charge is 2.27. The van der Waals surface area contributed by atoms with Crippen molar-refractivity contribution in [2.75, 3.05) is 13.2 Å². The van der Waals surface area contributed by atoms with Crippen LogP contribution in [-0.2, 0) is 16.1 Å². The van der Waals surface area contributed by atoms with E-state index in [0.717, 1.165) is 16.0 Å². The molecular formula is C20H24N2O4S. The summed E-state index contributed by atoms with van der Waals surface area (Å²) < 4.78 is 5.72. The molecule has 2 aromatic rings. The van der Waals surface area contributed by atoms with E-state index in [9.17, 15) is 14.7 Å². The van der Waals surface area contributed by atoms with Gasteiger partial charge in [0.05, 0.1) is 6.54 Å². The van der Waals surface area contributed by atoms with E-state index in [0.29, 0.717) is 31.9 Å². The van der Waals surface area contributed by atoms with Gasteiger partial charge in [0.25, 0.3) is 0 Å². The Morgan fingerprint density at radius 3 is 2.78 bits per heavy atom. The molecule has 0 radical (unpaired) electrons. The van der Waals surface area contributed by atoms with Gasteiger partial charge < -0.3 is 20.1 Å². The average molecular weight is 388 g/mol. The summed E-state index contributed by atoms with van der Waals surface area (Å²) in [6.45, 7) is 6.33. The van der Waals surface area contributed by atoms with Gasteiger partial charge in [-0.05, 0) is 43.2 Å². The molecule has 0 fully saturated rings. The van der Waals surface area contributed by atoms with Gasteiger partial charge in [-0.3, -0.25) is 9.59 Å². The molecule has 0 saturated heterocycles. The molecule has 0 saturated carbocycles. The van der Waals surface area contributed by atoms with E-state index < -0.39 is 6.04 Å². The van der Waals surface area contributed by atoms with Gasteiger partial charge in [-0.1, -0.05) is 6.92 Å². The third-order valence-electron chi connectivity index (χ3n) is 4.54. The maximum Gasteiger partial charge on any atom is 0.245 e. The quantitative estimate of drug-likeness (QED) is 0.844. The van der Waals surface area contributed by atoms with Gasteiger partial charge in [-0.15, -0.1) is 11.3 Å². The maximum absolute atomic E-state index is 12.9. The molecule has 1 aromatic carbocycles. The lowest BCUT2D eigenvalue weighted by atomic mass is 10.1. The predicted molar refractivity (Wildman–Crippen MR) is 105 cm³/mol. The van der Waals surface area contributed by atoms with Gasteiger partial charge in [0.15, 0.2) is 11.5 Å². The number of aromatic hydroxyl groups is 1. The van der Waals surface area contributed by atoms with Gasteiger partial charge >= 0.3 is 0 Å². The van der Waals surface area contributed by atoms with Gasteiger partial charge in [0.2, 0.25) is 11.8 Å². The SMILES string of the molecule is CC[C@@H](NC(C)=O)C(=O)N1CCOc2c(O)cc(-c3ccc(C)s3)cc2C1. The van der Waals surface area contributed by atoms with Crippen molar-refractivity contribution in [1.29, 1.82) is 0 Å². The number of carbonyl (C=O) groups is 2. The lowest BCUT2D eigenvalue weighted by Gasteiger charge is -2.25. The molecule has 2 amide bonds. The molecule has 1 atom stereocenters. The highest BCUT2D eigenvalue weighted by molar-refractivity contribution is 7.15. The van der Waals surface area contributed by atoms with E-state index in [-0.39, 0.29) is 17.6 Å². The van der Waals surface area contributed by atoms with E-state index in [1.165, 1.54) is 11.8 Å². The summed E-state index contributed by atoms with van der Waals surface area (Å²) in [7, 11) is 0. The van der Waals surface area contributed by atoms with Crippen LogP contribution in [0.5, 0.6) is 11.5 Å². The summed E-state index contributed by atoms with van der Waals surface area (Å²) in [5, 5.41) is 13.2. The minimum Gasteiger partial charge on any atom is -0.504 e. The number of hydrogen-bond donors (Lipinski definition) is 2. The number of nitrogens with zero attached hydrogens (tertiary/aromatic N) is 1. The zero-order chi connectivity index (χ0) is 19.6. The van der Waals surface area contributed by atoms with Crippen LogP contribution in [0, 0.1) is 6.92 Å². The molecule has 1 aliphatic heterocycles. The van der Waals surface area contributed by atoms with E-state index >= 15 is 0 Å². The smallest absolute Gasteiger partial charge is 0.245 e. The number of phenols is 1. The molecule has 27 heavy (non-hydrogen) atoms. The number of thiophene rings is 1. The third kappa shape index (κ3) is 4.24. The molecule has 0 bridgehead atoms. The molecule has 0 unspecified atom stereocenters. The molecular weight excluding hydrogens is 364 g/mol. The van der Waals surface area contributed by atoms with Crippen LogP contribution in [0.3, 0.4) is 0 Å². The number of benzene rings is 1. The van der Waals surface area contributed by atoms with Crippen molar-refractivity contribution in [3.8, 4) is 21.9 Å². The lowest BCUT2D eigenvalue weighted by Crippen LogP contribution is -2.48. The number of hydrogen-bond acceptors (Lipinski definition) is 5. The summed E-state index contributed by atoms with van der Waals surface area (Å²) in [6, 6.07) is 7.17. The van der Waals surface area contributed by atoms with Gasteiger partial charge in [-0.2, -0.15) is 0 Å². The van der Waals surface area contributed by atoms with Crippen molar-refractivity contribution < 1.29 is 19.4 Å². The lowest BCUT2D eigenvalue weighted by molar-refractivity contribution is -0.136. The van der Waals surface area contributed by atoms with Crippen molar-refractivity contribution in [1.82, 2.24) is 10.2 Å². The molecule has 0 spiro atoms. The van der Waals surface area contributed by atoms with Crippen LogP contribution >= 0.6 is 11.3 Å². The fourth-order valence-electron chi connectivity index (χ4n) is 3.22. The molecule has 0 aliphatic carbocycles. The monoisotopic (exact) mass is 388 g/mol. The molecule has 144 valence electrons. The zero-order valence-electron chi connectivity index (χ0n) is 15.7. The van der Waals surface area contributed by atoms with Crippen LogP contribution in [0.25, 0.3) is 10.4 Å². The van der Waals surface area contributed by atoms with E-state index in [1.807, 2.05) is 32.0 Å². The van der Waals surface area contributed by atoms with Crippen molar-refractivity contribution >= 4 is 23.2 Å². The second kappa shape index (κ2) is 8.00. The van der Waals surface area contributed by atoms with Crippen molar-refractivity contribution in [3.63, 3.8) is 0 Å². The largest absolute Gasteiger partial charge is 0.504 e. The summed E-state index contributed by atoms with van der Waals surface area (Å²) in [5.74, 6) is 0.141. The van der Waals surface area contributed by atoms with Crippen LogP contribution in [0.1, 0.15) is 30.7 Å². The normalized spacial score (nSPS) is 14.7. The molecule has 1 aliphatic rings. The minimum atomic E-state index is -0.555. The first-order valence-electron chi connectivity index (χ1n) is 9.00. The molecule has 7 heteroatoms. The van der Waals surface area contributed by atoms with E-state index in [4.69, 9.17) is 4.74 Å². The number of amides is 2. The summed E-state index contributed by atoms with van der Waals surface area (Å²) in [5.41, 5.74) is 1.66. The second-order valence-electron chi connectivity index (χ2n) is 6.66. The standard InChI is InChI=1S/C20H24N2O4S/c1-4-16(21-13(3)23)20(25)22-7-8-26-19-15(11-22)9-14(10-17(19)24)18-6-5-12(2)27-18/h5-6,9-10,16,24H,4,7-8,11H2,1-3H3,(H,21,23)/t16-/m1/s1. The van der Waals surface area contributed by atoms with Gasteiger partial charge in [0, 0.05) is 28.8 Å². The first kappa shape index (κ1) is 19.2. The Morgan fingerprint density at radius 2 is 2.15 bits per heavy atom. The van der Waals surface area contributed by atoms with Crippen LogP contribution in [0.15, 0.2) is 24.3 Å². The van der Waals surface area contributed by atoms with Crippen LogP contribution in [-0.4, -0.2) is 41.0 Å². The Hall–Kier alpha value is -2.54. The van der Waals surface area contributed by atoms with Crippen molar-refractivity contribution in [2.45, 2.75) is 39.8 Å². The van der Waals surface area contributed by atoms with Crippen LogP contribution in [0.4, 0.5) is 0 Å². The number of aryl methyl sites for hydroxylation is 1. The number of fused-ring (bicyclic) bond motifs is 1. The maximum atomic E-state index is 12.9. The zero-order valence-corrected chi connectivity index (χ0v) is 16.6. The molecule has 3 rings (SSSR count). The summed E-state index contributed by atoms with van der Waals surface area (Å²) in [4.78, 5) is 28.2. The van der Waals surface area contributed by atoms with E-state index in [1.54, 1.807) is 22.3 Å². The molecule has 2 heterocycles. The number of carbonyl (C=O) groups excluding carboxylic acids is 2. The van der Waals surface area contributed by atoms with Crippen molar-refractivity contribution in [2.24, 2.45) is 0 Å². The highest BCUT2D eigenvalue weighted by atomic mass is 32.1. The summed E-state index contributed by atoms with van der Waals surface area (Å²) in [6.07, 6.45) is 0.516. The fourth-order valence-corrected chi connectivity index (χ4v) is 4.08. The van der Waals surface area contributed by atoms with Crippen LogP contribution in [0.2, 0.25) is 0 Å². The highest BCUT2D eigenvalue weighted by Crippen LogP contribution is 2.39. The predicted octanol–water partition coefficient (Wildman–Crippen LogP) is 3.06. The van der Waals surface area contributed by atoms with Gasteiger partial charge in [-0.25, -0.2) is 0 Å². The van der Waals surface area contributed by atoms with E-state index in [2.05, 4.69) is 5.32 Å². The van der Waals surface area contributed by atoms with Gasteiger partial charge in [0.1, 0.15) is 12.6 Å². The Kier molecular flexibility index (Phi) is 5.70. The average Bonchev–Trinajstić information content (AvgIpc) is 2.94. The number of rotatable bonds is 4. The van der Waals surface area contributed by atoms with Crippen molar-refractivity contribution in [3.05, 3.63) is 34.7 Å². The Bertz CT molecular complexity index is 862. The number of phenolic OH excluding ortho intramolecular Hbond substituents is 1. The summed E-state index contributed by atoms with van der Waals surface area (Å²) >= 11 is 1.65. The Balaban J connectivity index is 1.90. The Morgan fingerprint density at radius 1 is 1.37 bits per heavy atom. The molecule has 6 nitrogen and oxygen atoms in total. The third-order valence-corrected chi connectivity index (χ3v) is 5.59. The molecule has 1 aromatic heterocycles. The first-order valence-corrected chi connectivity index (χ1v) is 9.82. The topological polar surface area (TPSA) is 78.9 Å². The fraction of sp³-hybridized carbons (Fsp3) is 0.400. The second-order valence-corrected chi connectivity index (χ2v) is 7.95.